The highest BCUT2D eigenvalue weighted by atomic mass is 32.2. The van der Waals surface area contributed by atoms with E-state index in [0.29, 0.717) is 38.5 Å². The average Bonchev–Trinajstić information content (AvgIpc) is 2.97. The van der Waals surface area contributed by atoms with Crippen molar-refractivity contribution in [2.75, 3.05) is 49.9 Å². The van der Waals surface area contributed by atoms with Gasteiger partial charge in [-0.3, -0.25) is 4.79 Å². The molecule has 1 fully saturated rings. The van der Waals surface area contributed by atoms with E-state index >= 15 is 0 Å². The van der Waals surface area contributed by atoms with Crippen LogP contribution >= 0.6 is 0 Å². The standard InChI is InChI=1S/C14H22N4O6S/c1-4-23-14(20)17-7-5-16(6-8-17)13(19)10-18(25(3,21)22)12-9-11(2)24-15-12/h9H,4-8,10H2,1-3H3. The average molecular weight is 374 g/mol. The molecule has 2 heterocycles. The third kappa shape index (κ3) is 4.84. The molecular weight excluding hydrogens is 352 g/mol. The molecule has 1 aliphatic heterocycles. The number of sulfonamides is 1. The van der Waals surface area contributed by atoms with Gasteiger partial charge in [0.15, 0.2) is 5.82 Å². The zero-order valence-corrected chi connectivity index (χ0v) is 15.3. The zero-order chi connectivity index (χ0) is 18.6. The number of ether oxygens (including phenoxy) is 1. The van der Waals surface area contributed by atoms with Crippen LogP contribution < -0.4 is 4.31 Å². The summed E-state index contributed by atoms with van der Waals surface area (Å²) >= 11 is 0. The van der Waals surface area contributed by atoms with Gasteiger partial charge in [-0.25, -0.2) is 17.5 Å². The van der Waals surface area contributed by atoms with Crippen LogP contribution in [-0.4, -0.2) is 81.0 Å². The monoisotopic (exact) mass is 374 g/mol. The van der Waals surface area contributed by atoms with Gasteiger partial charge in [-0.2, -0.15) is 0 Å². The normalized spacial score (nSPS) is 15.2. The largest absolute Gasteiger partial charge is 0.450 e. The number of aromatic nitrogens is 1. The third-order valence-electron chi connectivity index (χ3n) is 3.71. The van der Waals surface area contributed by atoms with Crippen molar-refractivity contribution >= 4 is 27.8 Å². The Balaban J connectivity index is 1.99. The van der Waals surface area contributed by atoms with Crippen molar-refractivity contribution in [1.82, 2.24) is 15.0 Å². The summed E-state index contributed by atoms with van der Waals surface area (Å²) in [6.07, 6.45) is 0.591. The summed E-state index contributed by atoms with van der Waals surface area (Å²) in [6, 6.07) is 1.45. The van der Waals surface area contributed by atoms with Gasteiger partial charge >= 0.3 is 6.09 Å². The minimum absolute atomic E-state index is 0.0681. The maximum Gasteiger partial charge on any atom is 0.409 e. The summed E-state index contributed by atoms with van der Waals surface area (Å²) in [5.41, 5.74) is 0. The van der Waals surface area contributed by atoms with E-state index in [4.69, 9.17) is 9.26 Å². The van der Waals surface area contributed by atoms with Gasteiger partial charge < -0.3 is 19.1 Å². The van der Waals surface area contributed by atoms with Crippen molar-refractivity contribution in [2.24, 2.45) is 0 Å². The quantitative estimate of drug-likeness (QED) is 0.715. The first-order chi connectivity index (χ1) is 11.7. The first-order valence-corrected chi connectivity index (χ1v) is 9.67. The van der Waals surface area contributed by atoms with Gasteiger partial charge in [0.25, 0.3) is 0 Å². The Morgan fingerprint density at radius 2 is 1.88 bits per heavy atom. The molecule has 1 aliphatic rings. The Morgan fingerprint density at radius 1 is 1.28 bits per heavy atom. The molecule has 140 valence electrons. The molecule has 0 aliphatic carbocycles. The topological polar surface area (TPSA) is 113 Å². The van der Waals surface area contributed by atoms with Crippen LogP contribution in [0.2, 0.25) is 0 Å². The molecule has 1 saturated heterocycles. The summed E-state index contributed by atoms with van der Waals surface area (Å²) in [5, 5.41) is 3.67. The van der Waals surface area contributed by atoms with E-state index in [1.165, 1.54) is 15.9 Å². The van der Waals surface area contributed by atoms with Gasteiger partial charge in [-0.05, 0) is 13.8 Å². The fourth-order valence-corrected chi connectivity index (χ4v) is 3.19. The summed E-state index contributed by atoms with van der Waals surface area (Å²) in [7, 11) is -3.69. The van der Waals surface area contributed by atoms with Crippen LogP contribution in [0.4, 0.5) is 10.6 Å². The number of piperazine rings is 1. The SMILES string of the molecule is CCOC(=O)N1CCN(C(=O)CN(c2cc(C)on2)S(C)(=O)=O)CC1. The first kappa shape index (κ1) is 19.0. The molecule has 0 bridgehead atoms. The van der Waals surface area contributed by atoms with E-state index in [2.05, 4.69) is 5.16 Å². The molecule has 11 heteroatoms. The molecule has 0 aromatic carbocycles. The minimum atomic E-state index is -3.69. The van der Waals surface area contributed by atoms with E-state index < -0.39 is 16.1 Å². The van der Waals surface area contributed by atoms with E-state index in [1.54, 1.807) is 13.8 Å². The van der Waals surface area contributed by atoms with Crippen LogP contribution in [0.25, 0.3) is 0 Å². The van der Waals surface area contributed by atoms with Crippen molar-refractivity contribution in [3.8, 4) is 0 Å². The van der Waals surface area contributed by atoms with Gasteiger partial charge in [0.1, 0.15) is 12.3 Å². The lowest BCUT2D eigenvalue weighted by Gasteiger charge is -2.34. The molecule has 10 nitrogen and oxygen atoms in total. The Hall–Kier alpha value is -2.30. The third-order valence-corrected chi connectivity index (χ3v) is 4.83. The van der Waals surface area contributed by atoms with Crippen molar-refractivity contribution < 1.29 is 27.3 Å². The van der Waals surface area contributed by atoms with Gasteiger partial charge in [0, 0.05) is 32.2 Å². The Kier molecular flexibility index (Phi) is 5.88. The number of nitrogens with zero attached hydrogens (tertiary/aromatic N) is 4. The lowest BCUT2D eigenvalue weighted by Crippen LogP contribution is -2.53. The highest BCUT2D eigenvalue weighted by Crippen LogP contribution is 2.17. The Morgan fingerprint density at radius 3 is 2.36 bits per heavy atom. The molecule has 1 aromatic heterocycles. The predicted octanol–water partition coefficient (Wildman–Crippen LogP) is 0.0497. The van der Waals surface area contributed by atoms with Gasteiger partial charge in [-0.15, -0.1) is 0 Å². The van der Waals surface area contributed by atoms with Crippen LogP contribution in [0, 0.1) is 6.92 Å². The number of hydrogen-bond acceptors (Lipinski definition) is 7. The van der Waals surface area contributed by atoms with Crippen molar-refractivity contribution in [3.63, 3.8) is 0 Å². The summed E-state index contributed by atoms with van der Waals surface area (Å²) in [5.74, 6) is 0.146. The minimum Gasteiger partial charge on any atom is -0.450 e. The number of carbonyl (C=O) groups excluding carboxylic acids is 2. The van der Waals surface area contributed by atoms with Crippen LogP contribution in [-0.2, 0) is 19.6 Å². The number of hydrogen-bond donors (Lipinski definition) is 0. The first-order valence-electron chi connectivity index (χ1n) is 7.83. The number of aryl methyl sites for hydroxylation is 1. The van der Waals surface area contributed by atoms with Crippen LogP contribution in [0.5, 0.6) is 0 Å². The highest BCUT2D eigenvalue weighted by molar-refractivity contribution is 7.92. The van der Waals surface area contributed by atoms with E-state index in [1.807, 2.05) is 0 Å². The second kappa shape index (κ2) is 7.72. The molecule has 25 heavy (non-hydrogen) atoms. The van der Waals surface area contributed by atoms with Crippen molar-refractivity contribution in [3.05, 3.63) is 11.8 Å². The van der Waals surface area contributed by atoms with Gasteiger partial charge in [-0.1, -0.05) is 5.16 Å². The lowest BCUT2D eigenvalue weighted by atomic mass is 10.3. The molecule has 0 N–H and O–H groups in total. The van der Waals surface area contributed by atoms with Crippen LogP contribution in [0.1, 0.15) is 12.7 Å². The second-order valence-corrected chi connectivity index (χ2v) is 7.54. The molecule has 1 aromatic rings. The number of anilines is 1. The maximum absolute atomic E-state index is 12.5. The molecule has 2 rings (SSSR count). The molecule has 0 unspecified atom stereocenters. The maximum atomic E-state index is 12.5. The second-order valence-electron chi connectivity index (χ2n) is 5.63. The van der Waals surface area contributed by atoms with Crippen molar-refractivity contribution in [1.29, 1.82) is 0 Å². The van der Waals surface area contributed by atoms with E-state index in [9.17, 15) is 18.0 Å². The molecule has 0 atom stereocenters. The fraction of sp³-hybridized carbons (Fsp3) is 0.643. The number of amides is 2. The van der Waals surface area contributed by atoms with E-state index in [-0.39, 0.29) is 18.3 Å². The van der Waals surface area contributed by atoms with E-state index in [0.717, 1.165) is 10.6 Å². The molecule has 0 radical (unpaired) electrons. The smallest absolute Gasteiger partial charge is 0.409 e. The number of rotatable bonds is 5. The van der Waals surface area contributed by atoms with Gasteiger partial charge in [0.05, 0.1) is 12.9 Å². The van der Waals surface area contributed by atoms with Crippen LogP contribution in [0.15, 0.2) is 10.6 Å². The summed E-state index contributed by atoms with van der Waals surface area (Å²) in [6.45, 7) is 4.58. The molecule has 2 amide bonds. The van der Waals surface area contributed by atoms with Crippen LogP contribution in [0.3, 0.4) is 0 Å². The molecule has 0 saturated carbocycles. The fourth-order valence-electron chi connectivity index (χ4n) is 2.41. The zero-order valence-electron chi connectivity index (χ0n) is 14.5. The lowest BCUT2D eigenvalue weighted by molar-refractivity contribution is -0.131. The summed E-state index contributed by atoms with van der Waals surface area (Å²) < 4.78 is 34.7. The van der Waals surface area contributed by atoms with Crippen molar-refractivity contribution in [2.45, 2.75) is 13.8 Å². The number of carbonyl (C=O) groups is 2. The van der Waals surface area contributed by atoms with Gasteiger partial charge in [0.2, 0.25) is 15.9 Å². The predicted molar refractivity (Wildman–Crippen MR) is 88.6 cm³/mol. The summed E-state index contributed by atoms with van der Waals surface area (Å²) in [4.78, 5) is 27.2. The highest BCUT2D eigenvalue weighted by Gasteiger charge is 2.29. The molecular formula is C14H22N4O6S. The Labute approximate surface area is 146 Å². The molecule has 0 spiro atoms. The Bertz CT molecular complexity index is 723.